The van der Waals surface area contributed by atoms with Crippen molar-refractivity contribution in [2.75, 3.05) is 25.0 Å². The molecule has 11 nitrogen and oxygen atoms in total. The number of nitrogens with zero attached hydrogens (tertiary/aromatic N) is 6. The number of rotatable bonds is 11. The van der Waals surface area contributed by atoms with Gasteiger partial charge in [-0.1, -0.05) is 53.5 Å². The summed E-state index contributed by atoms with van der Waals surface area (Å²) < 4.78 is 3.81. The maximum absolute atomic E-state index is 13.7. The van der Waals surface area contributed by atoms with Crippen molar-refractivity contribution in [3.05, 3.63) is 86.4 Å². The molecular formula is C42H49Cl2N7O4. The lowest BCUT2D eigenvalue weighted by Gasteiger charge is -2.32. The van der Waals surface area contributed by atoms with Crippen molar-refractivity contribution in [2.45, 2.75) is 90.8 Å². The molecule has 2 fully saturated rings. The minimum atomic E-state index is -0.624. The van der Waals surface area contributed by atoms with Gasteiger partial charge in [-0.25, -0.2) is 9.97 Å². The number of amides is 1. The van der Waals surface area contributed by atoms with Crippen LogP contribution in [0.3, 0.4) is 0 Å². The Morgan fingerprint density at radius 2 is 1.49 bits per heavy atom. The minimum Gasteiger partial charge on any atom is -0.481 e. The number of halogens is 2. The Bertz CT molecular complexity index is 2200. The number of hydrogen-bond acceptors (Lipinski definition) is 7. The summed E-state index contributed by atoms with van der Waals surface area (Å²) in [5.74, 6) is -0.330. The molecule has 4 aromatic rings. The van der Waals surface area contributed by atoms with Gasteiger partial charge in [-0.15, -0.1) is 0 Å². The van der Waals surface area contributed by atoms with Crippen molar-refractivity contribution in [1.82, 2.24) is 28.9 Å². The molecule has 2 bridgehead atoms. The Kier molecular flexibility index (Phi) is 9.97. The first-order valence-electron chi connectivity index (χ1n) is 19.5. The van der Waals surface area contributed by atoms with Crippen LogP contribution >= 0.6 is 23.2 Å². The Hall–Kier alpha value is -4.03. The fraction of sp³-hybridized carbons (Fsp3) is 0.500. The highest BCUT2D eigenvalue weighted by molar-refractivity contribution is 6.39. The number of hydrogen-bond donors (Lipinski definition) is 2. The van der Waals surface area contributed by atoms with Crippen molar-refractivity contribution < 1.29 is 19.5 Å². The van der Waals surface area contributed by atoms with E-state index in [-0.39, 0.29) is 23.5 Å². The van der Waals surface area contributed by atoms with Gasteiger partial charge in [0.2, 0.25) is 5.78 Å². The second kappa shape index (κ2) is 14.5. The van der Waals surface area contributed by atoms with Gasteiger partial charge in [-0.2, -0.15) is 0 Å². The molecular weight excluding hydrogens is 737 g/mol. The number of aliphatic carboxylic acids is 1. The lowest BCUT2D eigenvalue weighted by atomic mass is 9.80. The Balaban J connectivity index is 0.945. The van der Waals surface area contributed by atoms with E-state index in [0.717, 1.165) is 100 Å². The molecule has 290 valence electrons. The third-order valence-corrected chi connectivity index (χ3v) is 14.0. The molecule has 2 aliphatic carbocycles. The maximum Gasteiger partial charge on any atom is 0.309 e. The Labute approximate surface area is 332 Å². The van der Waals surface area contributed by atoms with E-state index in [1.54, 1.807) is 6.07 Å². The topological polar surface area (TPSA) is 126 Å². The largest absolute Gasteiger partial charge is 0.481 e. The lowest BCUT2D eigenvalue weighted by Crippen LogP contribution is -2.36. The summed E-state index contributed by atoms with van der Waals surface area (Å²) in [4.78, 5) is 53.7. The number of aromatic nitrogens is 4. The first-order chi connectivity index (χ1) is 26.3. The second-order valence-electron chi connectivity index (χ2n) is 16.6. The molecule has 0 unspecified atom stereocenters. The van der Waals surface area contributed by atoms with Crippen LogP contribution in [0, 0.1) is 10.8 Å². The average Bonchev–Trinajstić information content (AvgIpc) is 3.92. The molecule has 55 heavy (non-hydrogen) atoms. The zero-order valence-electron chi connectivity index (χ0n) is 32.1. The van der Waals surface area contributed by atoms with Crippen LogP contribution in [0.1, 0.15) is 102 Å². The molecule has 2 aromatic heterocycles. The van der Waals surface area contributed by atoms with Crippen LogP contribution in [0.15, 0.2) is 36.4 Å². The van der Waals surface area contributed by atoms with Crippen LogP contribution < -0.4 is 5.32 Å². The SMILES string of the molecule is CC(C)N1CCc2c(nc(C(=O)Cc3cccc(-c4cccc(NC(=O)c5nc6c(n5C)CCN(CCC57CCC(C(=O)O)(CC5)C7)C6)c4Cl)c3Cl)n2C)C1. The predicted octanol–water partition coefficient (Wildman–Crippen LogP) is 7.35. The predicted molar refractivity (Wildman–Crippen MR) is 213 cm³/mol. The van der Waals surface area contributed by atoms with Crippen LogP contribution in [0.4, 0.5) is 5.69 Å². The van der Waals surface area contributed by atoms with Gasteiger partial charge in [0.25, 0.3) is 5.91 Å². The first-order valence-corrected chi connectivity index (χ1v) is 20.2. The fourth-order valence-electron chi connectivity index (χ4n) is 9.76. The van der Waals surface area contributed by atoms with Crippen molar-refractivity contribution in [3.8, 4) is 11.1 Å². The third-order valence-electron chi connectivity index (χ3n) is 13.2. The molecule has 2 aromatic carbocycles. The summed E-state index contributed by atoms with van der Waals surface area (Å²) in [6.07, 6.45) is 7.11. The zero-order chi connectivity index (χ0) is 38.8. The van der Waals surface area contributed by atoms with E-state index in [9.17, 15) is 19.5 Å². The van der Waals surface area contributed by atoms with E-state index >= 15 is 0 Å². The summed E-state index contributed by atoms with van der Waals surface area (Å²) in [5.41, 5.74) is 6.06. The number of ketones is 1. The second-order valence-corrected chi connectivity index (χ2v) is 17.4. The number of carboxylic acid groups (broad SMARTS) is 1. The number of carbonyl (C=O) groups excluding carboxylic acids is 2. The standard InChI is InChI=1S/C42H49Cl2N7O4/c1-25(2)51-19-12-33-31(23-51)45-37(48(33)3)34(52)21-26-7-5-8-27(35(26)43)28-9-6-10-29(36(28)44)47-39(53)38-46-30-22-50(18-11-32(30)49(38)4)20-17-41-13-15-42(24-41,16-14-41)40(54)55/h5-10,25H,11-24H2,1-4H3,(H,47,53)(H,54,55). The summed E-state index contributed by atoms with van der Waals surface area (Å²) in [5, 5.41) is 13.6. The number of carbonyl (C=O) groups is 3. The molecule has 0 spiro atoms. The molecule has 2 aliphatic heterocycles. The van der Waals surface area contributed by atoms with Crippen LogP contribution in [0.5, 0.6) is 0 Å². The van der Waals surface area contributed by atoms with Crippen LogP contribution in [-0.4, -0.2) is 77.3 Å². The van der Waals surface area contributed by atoms with Crippen LogP contribution in [-0.2, 0) is 51.2 Å². The average molecular weight is 787 g/mol. The fourth-order valence-corrected chi connectivity index (χ4v) is 10.3. The molecule has 0 atom stereocenters. The molecule has 8 rings (SSSR count). The van der Waals surface area contributed by atoms with Crippen molar-refractivity contribution in [3.63, 3.8) is 0 Å². The van der Waals surface area contributed by atoms with E-state index in [1.165, 1.54) is 0 Å². The number of nitrogens with one attached hydrogen (secondary N) is 1. The van der Waals surface area contributed by atoms with E-state index in [1.807, 2.05) is 53.6 Å². The van der Waals surface area contributed by atoms with Crippen LogP contribution in [0.2, 0.25) is 10.0 Å². The number of carboxylic acids is 1. The highest BCUT2D eigenvalue weighted by atomic mass is 35.5. The van der Waals surface area contributed by atoms with E-state index < -0.39 is 11.4 Å². The number of imidazole rings is 2. The van der Waals surface area contributed by atoms with Crippen molar-refractivity contribution >= 4 is 46.5 Å². The smallest absolute Gasteiger partial charge is 0.309 e. The molecule has 1 amide bonds. The quantitative estimate of drug-likeness (QED) is 0.151. The number of benzene rings is 2. The van der Waals surface area contributed by atoms with Gasteiger partial charge in [-0.3, -0.25) is 24.2 Å². The van der Waals surface area contributed by atoms with Gasteiger partial charge < -0.3 is 19.6 Å². The van der Waals surface area contributed by atoms with Gasteiger partial charge >= 0.3 is 5.97 Å². The molecule has 4 aliphatic rings. The number of anilines is 1. The van der Waals surface area contributed by atoms with Gasteiger partial charge in [0.15, 0.2) is 11.6 Å². The molecule has 0 radical (unpaired) electrons. The van der Waals surface area contributed by atoms with Crippen molar-refractivity contribution in [1.29, 1.82) is 0 Å². The molecule has 0 saturated heterocycles. The monoisotopic (exact) mass is 785 g/mol. The normalized spacial score (nSPS) is 22.2. The van der Waals surface area contributed by atoms with Gasteiger partial charge in [0.1, 0.15) is 0 Å². The third kappa shape index (κ3) is 6.81. The highest BCUT2D eigenvalue weighted by Crippen LogP contribution is 2.63. The summed E-state index contributed by atoms with van der Waals surface area (Å²) in [7, 11) is 3.79. The van der Waals surface area contributed by atoms with Crippen LogP contribution in [0.25, 0.3) is 11.1 Å². The highest BCUT2D eigenvalue weighted by Gasteiger charge is 2.57. The Morgan fingerprint density at radius 3 is 2.18 bits per heavy atom. The molecule has 2 N–H and O–H groups in total. The molecule has 13 heteroatoms. The number of fused-ring (bicyclic) bond motifs is 4. The first kappa shape index (κ1) is 37.9. The minimum absolute atomic E-state index is 0.0892. The van der Waals surface area contributed by atoms with E-state index in [2.05, 4.69) is 29.0 Å². The number of Topliss-reactive ketones (excluding diaryl/α,β-unsaturated/α-hetero) is 1. The van der Waals surface area contributed by atoms with Gasteiger partial charge in [-0.05, 0) is 76.0 Å². The zero-order valence-corrected chi connectivity index (χ0v) is 33.6. The Morgan fingerprint density at radius 1 is 0.855 bits per heavy atom. The van der Waals surface area contributed by atoms with Crippen molar-refractivity contribution in [2.24, 2.45) is 24.9 Å². The summed E-state index contributed by atoms with van der Waals surface area (Å²) in [6, 6.07) is 11.4. The van der Waals surface area contributed by atoms with E-state index in [0.29, 0.717) is 56.7 Å². The summed E-state index contributed by atoms with van der Waals surface area (Å²) >= 11 is 14.0. The van der Waals surface area contributed by atoms with E-state index in [4.69, 9.17) is 33.2 Å². The van der Waals surface area contributed by atoms with Gasteiger partial charge in [0, 0.05) is 88.1 Å². The lowest BCUT2D eigenvalue weighted by molar-refractivity contribution is -0.148. The summed E-state index contributed by atoms with van der Waals surface area (Å²) in [6.45, 7) is 8.44. The maximum atomic E-state index is 13.7. The molecule has 4 heterocycles. The van der Waals surface area contributed by atoms with Gasteiger partial charge in [0.05, 0.1) is 32.5 Å². The molecule has 2 saturated carbocycles.